The van der Waals surface area contributed by atoms with Crippen LogP contribution in [0.1, 0.15) is 29.1 Å². The summed E-state index contributed by atoms with van der Waals surface area (Å²) in [6.07, 6.45) is 6.69. The van der Waals surface area contributed by atoms with Gasteiger partial charge in [-0.05, 0) is 26.2 Å². The Morgan fingerprint density at radius 1 is 1.60 bits per heavy atom. The Morgan fingerprint density at radius 3 is 3.13 bits per heavy atom. The van der Waals surface area contributed by atoms with E-state index in [9.17, 15) is 0 Å². The van der Waals surface area contributed by atoms with Crippen LogP contribution in [0.3, 0.4) is 0 Å². The van der Waals surface area contributed by atoms with Gasteiger partial charge in [0.15, 0.2) is 0 Å². The summed E-state index contributed by atoms with van der Waals surface area (Å²) in [5.41, 5.74) is 0. The lowest BCUT2D eigenvalue weighted by Crippen LogP contribution is -2.36. The zero-order valence-corrected chi connectivity index (χ0v) is 9.72. The molecule has 2 saturated heterocycles. The monoisotopic (exact) mass is 224 g/mol. The molecule has 0 radical (unpaired) electrons. The Kier molecular flexibility index (Phi) is 2.50. The minimum absolute atomic E-state index is 0.476. The summed E-state index contributed by atoms with van der Waals surface area (Å²) in [6, 6.07) is 0.575. The van der Waals surface area contributed by atoms with E-state index in [4.69, 9.17) is 4.74 Å². The molecule has 2 aliphatic heterocycles. The number of ether oxygens (including phenoxy) is 1. The smallest absolute Gasteiger partial charge is 0.0897 e. The van der Waals surface area contributed by atoms with Gasteiger partial charge < -0.3 is 10.1 Å². The third-order valence-electron chi connectivity index (χ3n) is 3.31. The molecule has 3 unspecified atom stereocenters. The molecule has 3 heterocycles. The average molecular weight is 224 g/mol. The van der Waals surface area contributed by atoms with E-state index in [0.717, 1.165) is 11.6 Å². The third kappa shape index (κ3) is 1.94. The summed E-state index contributed by atoms with van der Waals surface area (Å²) in [4.78, 5) is 5.59. The molecule has 0 saturated carbocycles. The maximum atomic E-state index is 5.80. The first-order chi connectivity index (χ1) is 7.31. The summed E-state index contributed by atoms with van der Waals surface area (Å²) < 4.78 is 5.80. The number of rotatable bonds is 3. The van der Waals surface area contributed by atoms with Gasteiger partial charge in [0.25, 0.3) is 0 Å². The minimum Gasteiger partial charge on any atom is -0.373 e. The van der Waals surface area contributed by atoms with Gasteiger partial charge in [-0.3, -0.25) is 0 Å². The Labute approximate surface area is 93.9 Å². The van der Waals surface area contributed by atoms with Gasteiger partial charge in [-0.1, -0.05) is 0 Å². The topological polar surface area (TPSA) is 34.2 Å². The number of fused-ring (bicyclic) bond motifs is 2. The van der Waals surface area contributed by atoms with Crippen LogP contribution in [-0.2, 0) is 11.3 Å². The van der Waals surface area contributed by atoms with E-state index < -0.39 is 0 Å². The van der Waals surface area contributed by atoms with Crippen molar-refractivity contribution in [2.45, 2.75) is 51.0 Å². The molecule has 0 spiro atoms. The van der Waals surface area contributed by atoms with E-state index in [1.54, 1.807) is 11.3 Å². The first-order valence-corrected chi connectivity index (χ1v) is 6.43. The van der Waals surface area contributed by atoms with Crippen molar-refractivity contribution in [1.29, 1.82) is 0 Å². The van der Waals surface area contributed by atoms with Crippen LogP contribution in [0.25, 0.3) is 0 Å². The zero-order valence-electron chi connectivity index (χ0n) is 8.90. The highest BCUT2D eigenvalue weighted by Gasteiger charge is 2.40. The molecule has 2 aliphatic rings. The van der Waals surface area contributed by atoms with Gasteiger partial charge in [-0.25, -0.2) is 4.98 Å². The fraction of sp³-hybridized carbons (Fsp3) is 0.727. The predicted octanol–water partition coefficient (Wildman–Crippen LogP) is 1.86. The molecule has 82 valence electrons. The Morgan fingerprint density at radius 2 is 2.53 bits per heavy atom. The molecule has 1 aromatic heterocycles. The molecular formula is C11H16N2OS. The van der Waals surface area contributed by atoms with Gasteiger partial charge in [0.1, 0.15) is 0 Å². The maximum absolute atomic E-state index is 5.80. The zero-order chi connectivity index (χ0) is 10.3. The standard InChI is InChI=1S/C11H16N2OS/c1-7-12-5-9(15-7)6-13-10-4-8-2-3-11(10)14-8/h5,8,10-11,13H,2-4,6H2,1H3. The van der Waals surface area contributed by atoms with Crippen LogP contribution in [0.15, 0.2) is 6.20 Å². The number of aromatic nitrogens is 1. The molecule has 1 aromatic rings. The normalized spacial score (nSPS) is 33.8. The van der Waals surface area contributed by atoms with Gasteiger partial charge in [0.05, 0.1) is 17.2 Å². The van der Waals surface area contributed by atoms with Crippen LogP contribution >= 0.6 is 11.3 Å². The maximum Gasteiger partial charge on any atom is 0.0897 e. The highest BCUT2D eigenvalue weighted by molar-refractivity contribution is 7.11. The van der Waals surface area contributed by atoms with Gasteiger partial charge in [0, 0.05) is 23.7 Å². The quantitative estimate of drug-likeness (QED) is 0.851. The fourth-order valence-electron chi connectivity index (χ4n) is 2.57. The number of aryl methyl sites for hydroxylation is 1. The molecule has 0 amide bonds. The molecule has 0 aliphatic carbocycles. The van der Waals surface area contributed by atoms with Crippen molar-refractivity contribution in [2.24, 2.45) is 0 Å². The second kappa shape index (κ2) is 3.85. The molecule has 15 heavy (non-hydrogen) atoms. The lowest BCUT2D eigenvalue weighted by molar-refractivity contribution is 0.0973. The van der Waals surface area contributed by atoms with Crippen LogP contribution in [0.2, 0.25) is 0 Å². The van der Waals surface area contributed by atoms with Crippen molar-refractivity contribution in [3.63, 3.8) is 0 Å². The highest BCUT2D eigenvalue weighted by atomic mass is 32.1. The summed E-state index contributed by atoms with van der Waals surface area (Å²) >= 11 is 1.78. The molecule has 2 fully saturated rings. The van der Waals surface area contributed by atoms with Crippen molar-refractivity contribution in [3.05, 3.63) is 16.1 Å². The molecule has 3 atom stereocenters. The molecule has 3 nitrogen and oxygen atoms in total. The van der Waals surface area contributed by atoms with Gasteiger partial charge in [-0.15, -0.1) is 11.3 Å². The van der Waals surface area contributed by atoms with E-state index in [2.05, 4.69) is 17.2 Å². The van der Waals surface area contributed by atoms with Gasteiger partial charge >= 0.3 is 0 Å². The van der Waals surface area contributed by atoms with Crippen molar-refractivity contribution in [1.82, 2.24) is 10.3 Å². The number of thiazole rings is 1. The van der Waals surface area contributed by atoms with E-state index in [1.807, 2.05) is 6.20 Å². The highest BCUT2D eigenvalue weighted by Crippen LogP contribution is 2.34. The minimum atomic E-state index is 0.476. The average Bonchev–Trinajstić information content (AvgIpc) is 2.90. The lowest BCUT2D eigenvalue weighted by atomic mass is 9.95. The predicted molar refractivity (Wildman–Crippen MR) is 60.0 cm³/mol. The summed E-state index contributed by atoms with van der Waals surface area (Å²) in [5, 5.41) is 4.74. The van der Waals surface area contributed by atoms with Crippen molar-refractivity contribution >= 4 is 11.3 Å². The van der Waals surface area contributed by atoms with Crippen LogP contribution in [0.5, 0.6) is 0 Å². The third-order valence-corrected chi connectivity index (χ3v) is 4.23. The molecule has 4 heteroatoms. The second-order valence-electron chi connectivity index (χ2n) is 4.44. The Bertz CT molecular complexity index is 352. The number of nitrogens with one attached hydrogen (secondary N) is 1. The molecule has 2 bridgehead atoms. The molecule has 3 rings (SSSR count). The Balaban J connectivity index is 1.54. The molecule has 1 N–H and O–H groups in total. The van der Waals surface area contributed by atoms with Crippen molar-refractivity contribution in [2.75, 3.05) is 0 Å². The molecule has 0 aromatic carbocycles. The first-order valence-electron chi connectivity index (χ1n) is 5.61. The summed E-state index contributed by atoms with van der Waals surface area (Å²) in [5.74, 6) is 0. The number of hydrogen-bond acceptors (Lipinski definition) is 4. The SMILES string of the molecule is Cc1ncc(CNC2CC3CCC2O3)s1. The van der Waals surface area contributed by atoms with E-state index in [-0.39, 0.29) is 0 Å². The van der Waals surface area contributed by atoms with Gasteiger partial charge in [0.2, 0.25) is 0 Å². The van der Waals surface area contributed by atoms with E-state index in [1.165, 1.54) is 24.1 Å². The lowest BCUT2D eigenvalue weighted by Gasteiger charge is -2.19. The summed E-state index contributed by atoms with van der Waals surface area (Å²) in [7, 11) is 0. The fourth-order valence-corrected chi connectivity index (χ4v) is 3.32. The van der Waals surface area contributed by atoms with Crippen LogP contribution in [0, 0.1) is 6.92 Å². The molecular weight excluding hydrogens is 208 g/mol. The first kappa shape index (κ1) is 9.75. The van der Waals surface area contributed by atoms with Crippen LogP contribution < -0.4 is 5.32 Å². The largest absolute Gasteiger partial charge is 0.373 e. The van der Waals surface area contributed by atoms with Gasteiger partial charge in [-0.2, -0.15) is 0 Å². The number of nitrogens with zero attached hydrogens (tertiary/aromatic N) is 1. The van der Waals surface area contributed by atoms with E-state index >= 15 is 0 Å². The Hall–Kier alpha value is -0.450. The van der Waals surface area contributed by atoms with Crippen LogP contribution in [0.4, 0.5) is 0 Å². The number of hydrogen-bond donors (Lipinski definition) is 1. The summed E-state index contributed by atoms with van der Waals surface area (Å²) in [6.45, 7) is 3.00. The van der Waals surface area contributed by atoms with E-state index in [0.29, 0.717) is 18.2 Å². The second-order valence-corrected chi connectivity index (χ2v) is 5.76. The van der Waals surface area contributed by atoms with Crippen LogP contribution in [-0.4, -0.2) is 23.2 Å². The van der Waals surface area contributed by atoms with Crippen molar-refractivity contribution < 1.29 is 4.74 Å². The van der Waals surface area contributed by atoms with Crippen molar-refractivity contribution in [3.8, 4) is 0 Å².